The van der Waals surface area contributed by atoms with Gasteiger partial charge in [0.1, 0.15) is 6.04 Å². The first-order valence-corrected chi connectivity index (χ1v) is 8.62. The molecule has 0 saturated carbocycles. The Morgan fingerprint density at radius 1 is 1.04 bits per heavy atom. The van der Waals surface area contributed by atoms with Gasteiger partial charge in [0, 0.05) is 17.5 Å². The SMILES string of the molecule is CCOc1cc2c(cc1OCC)[C@@H](c1ccccc1Cl)[NH2+]CC2. The molecule has 0 radical (unpaired) electrons. The number of ether oxygens (including phenoxy) is 2. The standard InChI is InChI=1S/C19H22ClNO2/c1-3-22-17-11-13-9-10-21-19(14-7-5-6-8-16(14)20)15(13)12-18(17)23-4-2/h5-8,11-12,19,21H,3-4,9-10H2,1-2H3/p+1/t19-/m1/s1. The van der Waals surface area contributed by atoms with Crippen molar-refractivity contribution in [2.45, 2.75) is 26.3 Å². The van der Waals surface area contributed by atoms with Gasteiger partial charge in [-0.1, -0.05) is 29.8 Å². The zero-order valence-corrected chi connectivity index (χ0v) is 14.4. The van der Waals surface area contributed by atoms with Crippen LogP contribution in [0.1, 0.15) is 36.6 Å². The second-order valence-corrected chi connectivity index (χ2v) is 6.04. The molecule has 0 amide bonds. The van der Waals surface area contributed by atoms with Gasteiger partial charge < -0.3 is 14.8 Å². The number of halogens is 1. The minimum atomic E-state index is 0.210. The molecule has 3 nitrogen and oxygen atoms in total. The summed E-state index contributed by atoms with van der Waals surface area (Å²) in [6.45, 7) is 6.29. The van der Waals surface area contributed by atoms with Gasteiger partial charge in [0.15, 0.2) is 11.5 Å². The topological polar surface area (TPSA) is 35.1 Å². The zero-order valence-electron chi connectivity index (χ0n) is 13.6. The van der Waals surface area contributed by atoms with Crippen LogP contribution in [0.5, 0.6) is 11.5 Å². The van der Waals surface area contributed by atoms with Crippen LogP contribution >= 0.6 is 11.6 Å². The summed E-state index contributed by atoms with van der Waals surface area (Å²) in [6.07, 6.45) is 1.03. The highest BCUT2D eigenvalue weighted by Gasteiger charge is 2.28. The third kappa shape index (κ3) is 3.31. The lowest BCUT2D eigenvalue weighted by atomic mass is 9.89. The molecule has 0 unspecified atom stereocenters. The van der Waals surface area contributed by atoms with Crippen molar-refractivity contribution < 1.29 is 14.8 Å². The van der Waals surface area contributed by atoms with Crippen molar-refractivity contribution in [1.82, 2.24) is 0 Å². The fourth-order valence-electron chi connectivity index (χ4n) is 3.21. The number of fused-ring (bicyclic) bond motifs is 1. The summed E-state index contributed by atoms with van der Waals surface area (Å²) < 4.78 is 11.6. The van der Waals surface area contributed by atoms with Gasteiger partial charge in [0.25, 0.3) is 0 Å². The molecular weight excluding hydrogens is 310 g/mol. The van der Waals surface area contributed by atoms with E-state index in [-0.39, 0.29) is 6.04 Å². The third-order valence-corrected chi connectivity index (χ3v) is 4.54. The zero-order chi connectivity index (χ0) is 16.2. The van der Waals surface area contributed by atoms with Crippen molar-refractivity contribution in [3.8, 4) is 11.5 Å². The molecule has 23 heavy (non-hydrogen) atoms. The average Bonchev–Trinajstić information content (AvgIpc) is 2.56. The molecule has 2 aromatic carbocycles. The first kappa shape index (κ1) is 16.2. The van der Waals surface area contributed by atoms with Crippen LogP contribution in [0.4, 0.5) is 0 Å². The highest BCUT2D eigenvalue weighted by Crippen LogP contribution is 2.37. The van der Waals surface area contributed by atoms with Crippen molar-refractivity contribution in [2.75, 3.05) is 19.8 Å². The van der Waals surface area contributed by atoms with Gasteiger partial charge >= 0.3 is 0 Å². The van der Waals surface area contributed by atoms with Gasteiger partial charge in [-0.15, -0.1) is 0 Å². The van der Waals surface area contributed by atoms with Crippen LogP contribution in [0.15, 0.2) is 36.4 Å². The van der Waals surface area contributed by atoms with Crippen LogP contribution in [-0.2, 0) is 6.42 Å². The fraction of sp³-hybridized carbons (Fsp3) is 0.368. The predicted molar refractivity (Wildman–Crippen MR) is 92.6 cm³/mol. The van der Waals surface area contributed by atoms with Crippen LogP contribution in [0.2, 0.25) is 5.02 Å². The maximum absolute atomic E-state index is 6.43. The maximum Gasteiger partial charge on any atom is 0.161 e. The van der Waals surface area contributed by atoms with E-state index >= 15 is 0 Å². The molecule has 1 aliphatic rings. The van der Waals surface area contributed by atoms with E-state index in [9.17, 15) is 0 Å². The van der Waals surface area contributed by atoms with E-state index in [2.05, 4.69) is 23.5 Å². The minimum Gasteiger partial charge on any atom is -0.490 e. The Morgan fingerprint density at radius 3 is 2.43 bits per heavy atom. The van der Waals surface area contributed by atoms with Crippen molar-refractivity contribution >= 4 is 11.6 Å². The first-order valence-electron chi connectivity index (χ1n) is 8.24. The van der Waals surface area contributed by atoms with Gasteiger partial charge in [-0.05, 0) is 37.6 Å². The second-order valence-electron chi connectivity index (χ2n) is 5.64. The summed E-state index contributed by atoms with van der Waals surface area (Å²) in [6, 6.07) is 12.6. The average molecular weight is 333 g/mol. The van der Waals surface area contributed by atoms with E-state index in [1.807, 2.05) is 32.0 Å². The van der Waals surface area contributed by atoms with Crippen molar-refractivity contribution in [3.63, 3.8) is 0 Å². The van der Waals surface area contributed by atoms with Gasteiger partial charge in [0.05, 0.1) is 24.8 Å². The Hall–Kier alpha value is -1.71. The Morgan fingerprint density at radius 2 is 1.74 bits per heavy atom. The predicted octanol–water partition coefficient (Wildman–Crippen LogP) is 3.35. The number of hydrogen-bond donors (Lipinski definition) is 1. The monoisotopic (exact) mass is 332 g/mol. The van der Waals surface area contributed by atoms with Gasteiger partial charge in [0.2, 0.25) is 0 Å². The van der Waals surface area contributed by atoms with E-state index in [0.717, 1.165) is 35.1 Å². The Bertz CT molecular complexity index is 687. The molecule has 1 aliphatic heterocycles. The van der Waals surface area contributed by atoms with E-state index in [4.69, 9.17) is 21.1 Å². The molecule has 0 aliphatic carbocycles. The summed E-state index contributed by atoms with van der Waals surface area (Å²) in [4.78, 5) is 0. The fourth-order valence-corrected chi connectivity index (χ4v) is 3.47. The number of quaternary nitrogens is 1. The molecule has 0 saturated heterocycles. The lowest BCUT2D eigenvalue weighted by Crippen LogP contribution is -2.87. The van der Waals surface area contributed by atoms with Gasteiger partial charge in [-0.25, -0.2) is 0 Å². The molecule has 1 atom stereocenters. The van der Waals surface area contributed by atoms with E-state index in [1.165, 1.54) is 11.1 Å². The normalized spacial score (nSPS) is 16.7. The minimum absolute atomic E-state index is 0.210. The highest BCUT2D eigenvalue weighted by atomic mass is 35.5. The van der Waals surface area contributed by atoms with Crippen LogP contribution in [-0.4, -0.2) is 19.8 Å². The summed E-state index contributed by atoms with van der Waals surface area (Å²) in [7, 11) is 0. The van der Waals surface area contributed by atoms with Crippen LogP contribution in [0.25, 0.3) is 0 Å². The molecule has 0 aromatic heterocycles. The summed E-state index contributed by atoms with van der Waals surface area (Å²) >= 11 is 6.43. The number of nitrogens with two attached hydrogens (primary N) is 1. The first-order chi connectivity index (χ1) is 11.2. The second kappa shape index (κ2) is 7.24. The Labute approximate surface area is 142 Å². The molecule has 0 bridgehead atoms. The van der Waals surface area contributed by atoms with Gasteiger partial charge in [-0.2, -0.15) is 0 Å². The molecule has 0 spiro atoms. The highest BCUT2D eigenvalue weighted by molar-refractivity contribution is 6.31. The van der Waals surface area contributed by atoms with Crippen molar-refractivity contribution in [2.24, 2.45) is 0 Å². The van der Waals surface area contributed by atoms with E-state index in [0.29, 0.717) is 13.2 Å². The Balaban J connectivity index is 2.07. The molecule has 4 heteroatoms. The van der Waals surface area contributed by atoms with Crippen molar-refractivity contribution in [3.05, 3.63) is 58.1 Å². The molecule has 2 aromatic rings. The summed E-state index contributed by atoms with van der Waals surface area (Å²) in [5, 5.41) is 3.16. The van der Waals surface area contributed by atoms with Crippen LogP contribution in [0.3, 0.4) is 0 Å². The summed E-state index contributed by atoms with van der Waals surface area (Å²) in [5.74, 6) is 1.66. The van der Waals surface area contributed by atoms with Crippen LogP contribution < -0.4 is 14.8 Å². The van der Waals surface area contributed by atoms with Crippen molar-refractivity contribution in [1.29, 1.82) is 0 Å². The lowest BCUT2D eigenvalue weighted by Gasteiger charge is -2.26. The van der Waals surface area contributed by atoms with E-state index < -0.39 is 0 Å². The molecule has 1 heterocycles. The number of rotatable bonds is 5. The number of benzene rings is 2. The quantitative estimate of drug-likeness (QED) is 0.911. The maximum atomic E-state index is 6.43. The summed E-state index contributed by atoms with van der Waals surface area (Å²) in [5.41, 5.74) is 3.75. The number of hydrogen-bond acceptors (Lipinski definition) is 2. The lowest BCUT2D eigenvalue weighted by molar-refractivity contribution is -0.690. The molecule has 2 N–H and O–H groups in total. The molecular formula is C19H23ClNO2+. The molecule has 0 fully saturated rings. The van der Waals surface area contributed by atoms with Crippen LogP contribution in [0, 0.1) is 0 Å². The smallest absolute Gasteiger partial charge is 0.161 e. The third-order valence-electron chi connectivity index (χ3n) is 4.20. The molecule has 122 valence electrons. The van der Waals surface area contributed by atoms with E-state index in [1.54, 1.807) is 0 Å². The Kier molecular flexibility index (Phi) is 5.09. The van der Waals surface area contributed by atoms with Gasteiger partial charge in [-0.3, -0.25) is 0 Å². The molecule has 3 rings (SSSR count). The largest absolute Gasteiger partial charge is 0.490 e.